The van der Waals surface area contributed by atoms with E-state index < -0.39 is 31.1 Å². The summed E-state index contributed by atoms with van der Waals surface area (Å²) in [5, 5.41) is -0.592. The summed E-state index contributed by atoms with van der Waals surface area (Å²) in [5.74, 6) is -0.536. The summed E-state index contributed by atoms with van der Waals surface area (Å²) < 4.78 is 58.8. The number of piperidine rings is 1. The molecule has 2 aliphatic rings. The predicted octanol–water partition coefficient (Wildman–Crippen LogP) is 2.63. The quantitative estimate of drug-likeness (QED) is 0.651. The molecule has 3 atom stereocenters. The largest absolute Gasteiger partial charge is 0.465 e. The van der Waals surface area contributed by atoms with Crippen molar-refractivity contribution in [3.63, 3.8) is 0 Å². The number of ether oxygens (including phenoxy) is 1. The van der Waals surface area contributed by atoms with E-state index in [1.54, 1.807) is 30.3 Å². The van der Waals surface area contributed by atoms with Gasteiger partial charge in [0.25, 0.3) is 0 Å². The van der Waals surface area contributed by atoms with Crippen LogP contribution in [0.25, 0.3) is 0 Å². The van der Waals surface area contributed by atoms with Crippen LogP contribution in [0.15, 0.2) is 64.4 Å². The molecule has 1 unspecified atom stereocenters. The van der Waals surface area contributed by atoms with Gasteiger partial charge in [-0.3, -0.25) is 0 Å². The normalized spacial score (nSPS) is 24.5. The van der Waals surface area contributed by atoms with E-state index >= 15 is 0 Å². The van der Waals surface area contributed by atoms with Gasteiger partial charge in [-0.25, -0.2) is 21.6 Å². The zero-order valence-electron chi connectivity index (χ0n) is 16.5. The summed E-state index contributed by atoms with van der Waals surface area (Å²) in [7, 11) is -6.04. The first-order chi connectivity index (χ1) is 14.2. The van der Waals surface area contributed by atoms with Crippen LogP contribution in [0.5, 0.6) is 0 Å². The van der Waals surface area contributed by atoms with Crippen molar-refractivity contribution in [3.8, 4) is 0 Å². The molecular weight excluding hydrogens is 426 g/mol. The maximum atomic E-state index is 13.3. The summed E-state index contributed by atoms with van der Waals surface area (Å²) in [6.45, 7) is 0. The lowest BCUT2D eigenvalue weighted by atomic mass is 10.1. The summed E-state index contributed by atoms with van der Waals surface area (Å²) in [4.78, 5) is 12.0. The summed E-state index contributed by atoms with van der Waals surface area (Å²) in [6.07, 6.45) is 1.86. The van der Waals surface area contributed by atoms with Gasteiger partial charge in [-0.2, -0.15) is 4.31 Å². The molecule has 2 aromatic rings. The second kappa shape index (κ2) is 7.79. The number of rotatable bonds is 5. The first-order valence-electron chi connectivity index (χ1n) is 9.76. The van der Waals surface area contributed by atoms with E-state index in [9.17, 15) is 21.6 Å². The molecule has 0 aromatic heterocycles. The highest BCUT2D eigenvalue weighted by atomic mass is 32.2. The zero-order valence-corrected chi connectivity index (χ0v) is 18.1. The minimum absolute atomic E-state index is 0.0939. The van der Waals surface area contributed by atoms with Gasteiger partial charge in [0, 0.05) is 12.1 Å². The number of esters is 1. The smallest absolute Gasteiger partial charge is 0.337 e. The topological polar surface area (TPSA) is 97.8 Å². The number of benzene rings is 2. The van der Waals surface area contributed by atoms with Crippen LogP contribution in [0.2, 0.25) is 0 Å². The van der Waals surface area contributed by atoms with Crippen LogP contribution in [0.3, 0.4) is 0 Å². The summed E-state index contributed by atoms with van der Waals surface area (Å²) >= 11 is 0. The minimum atomic E-state index is -3.79. The van der Waals surface area contributed by atoms with Gasteiger partial charge >= 0.3 is 5.97 Å². The van der Waals surface area contributed by atoms with E-state index in [0.29, 0.717) is 12.8 Å². The van der Waals surface area contributed by atoms with Gasteiger partial charge < -0.3 is 4.74 Å². The van der Waals surface area contributed by atoms with Crippen molar-refractivity contribution in [3.05, 3.63) is 60.2 Å². The summed E-state index contributed by atoms with van der Waals surface area (Å²) in [5.41, 5.74) is 0.270. The Kier molecular flexibility index (Phi) is 5.46. The Morgan fingerprint density at radius 3 is 1.97 bits per heavy atom. The van der Waals surface area contributed by atoms with Crippen molar-refractivity contribution in [1.82, 2.24) is 4.31 Å². The number of methoxy groups -OCH3 is 1. The van der Waals surface area contributed by atoms with Crippen molar-refractivity contribution < 1.29 is 26.4 Å². The van der Waals surface area contributed by atoms with E-state index in [2.05, 4.69) is 4.74 Å². The molecule has 0 amide bonds. The molecule has 2 bridgehead atoms. The van der Waals surface area contributed by atoms with Gasteiger partial charge in [0.05, 0.1) is 27.7 Å². The fourth-order valence-electron chi connectivity index (χ4n) is 4.54. The molecule has 160 valence electrons. The van der Waals surface area contributed by atoms with Gasteiger partial charge in [0.1, 0.15) is 0 Å². The molecule has 2 aliphatic heterocycles. The van der Waals surface area contributed by atoms with Gasteiger partial charge in [0.2, 0.25) is 10.0 Å². The second-order valence-electron chi connectivity index (χ2n) is 7.69. The van der Waals surface area contributed by atoms with Crippen molar-refractivity contribution >= 4 is 25.8 Å². The number of sulfone groups is 1. The monoisotopic (exact) mass is 449 g/mol. The molecule has 0 aliphatic carbocycles. The summed E-state index contributed by atoms with van der Waals surface area (Å²) in [6, 6.07) is 13.3. The minimum Gasteiger partial charge on any atom is -0.465 e. The SMILES string of the molecule is COC(=O)c1ccc(S(=O)(=O)N2[C@@H]3CC[C@H]2CC(S(=O)(=O)c2ccccc2)C3)cc1. The molecule has 2 aromatic carbocycles. The van der Waals surface area contributed by atoms with E-state index in [1.807, 2.05) is 0 Å². The van der Waals surface area contributed by atoms with Crippen LogP contribution >= 0.6 is 0 Å². The molecule has 4 rings (SSSR count). The highest BCUT2D eigenvalue weighted by Gasteiger charge is 2.50. The molecule has 0 saturated carbocycles. The van der Waals surface area contributed by atoms with Crippen LogP contribution in [0.4, 0.5) is 0 Å². The lowest BCUT2D eigenvalue weighted by Crippen LogP contribution is -2.49. The third-order valence-electron chi connectivity index (χ3n) is 5.98. The number of hydrogen-bond donors (Lipinski definition) is 0. The van der Waals surface area contributed by atoms with E-state index in [0.717, 1.165) is 0 Å². The highest BCUT2D eigenvalue weighted by molar-refractivity contribution is 7.92. The molecule has 2 saturated heterocycles. The fraction of sp³-hybridized carbons (Fsp3) is 0.381. The Hall–Kier alpha value is -2.23. The molecule has 2 heterocycles. The third kappa shape index (κ3) is 3.55. The first kappa shape index (κ1) is 21.0. The molecule has 0 radical (unpaired) electrons. The van der Waals surface area contributed by atoms with Gasteiger partial charge in [-0.1, -0.05) is 18.2 Å². The molecule has 2 fully saturated rings. The Morgan fingerprint density at radius 1 is 0.867 bits per heavy atom. The van der Waals surface area contributed by atoms with Crippen molar-refractivity contribution in [1.29, 1.82) is 0 Å². The standard InChI is InChI=1S/C21H23NO6S2/c1-28-21(23)15-7-11-19(12-8-15)30(26,27)22-16-9-10-17(22)14-20(13-16)29(24,25)18-5-3-2-4-6-18/h2-8,11-12,16-17,20H,9-10,13-14H2,1H3/t16-,17+,20?. The molecule has 9 heteroatoms. The third-order valence-corrected chi connectivity index (χ3v) is 10.2. The van der Waals surface area contributed by atoms with E-state index in [4.69, 9.17) is 0 Å². The maximum absolute atomic E-state index is 13.3. The number of hydrogen-bond acceptors (Lipinski definition) is 6. The van der Waals surface area contributed by atoms with Gasteiger partial charge in [0.15, 0.2) is 9.84 Å². The average molecular weight is 450 g/mol. The van der Waals surface area contributed by atoms with E-state index in [-0.39, 0.29) is 40.3 Å². The van der Waals surface area contributed by atoms with Crippen LogP contribution in [0.1, 0.15) is 36.0 Å². The number of carbonyl (C=O) groups is 1. The average Bonchev–Trinajstić information content (AvgIpc) is 3.04. The van der Waals surface area contributed by atoms with Crippen molar-refractivity contribution in [2.24, 2.45) is 0 Å². The zero-order chi connectivity index (χ0) is 21.5. The molecule has 0 spiro atoms. The first-order valence-corrected chi connectivity index (χ1v) is 12.7. The van der Waals surface area contributed by atoms with Crippen molar-refractivity contribution in [2.45, 2.75) is 52.8 Å². The lowest BCUT2D eigenvalue weighted by molar-refractivity contribution is 0.0600. The fourth-order valence-corrected chi connectivity index (χ4v) is 8.30. The van der Waals surface area contributed by atoms with Crippen LogP contribution in [-0.2, 0) is 24.6 Å². The van der Waals surface area contributed by atoms with Crippen LogP contribution < -0.4 is 0 Å². The predicted molar refractivity (Wildman–Crippen MR) is 110 cm³/mol. The number of nitrogens with zero attached hydrogens (tertiary/aromatic N) is 1. The molecule has 7 nitrogen and oxygen atoms in total. The Labute approximate surface area is 176 Å². The number of sulfonamides is 1. The Bertz CT molecular complexity index is 1130. The molecule has 30 heavy (non-hydrogen) atoms. The molecular formula is C21H23NO6S2. The van der Waals surface area contributed by atoms with Crippen LogP contribution in [-0.4, -0.2) is 51.6 Å². The van der Waals surface area contributed by atoms with Gasteiger partial charge in [-0.05, 0) is 62.1 Å². The van der Waals surface area contributed by atoms with Crippen LogP contribution in [0, 0.1) is 0 Å². The molecule has 0 N–H and O–H groups in total. The number of carbonyl (C=O) groups excluding carboxylic acids is 1. The highest BCUT2D eigenvalue weighted by Crippen LogP contribution is 2.42. The maximum Gasteiger partial charge on any atom is 0.337 e. The Morgan fingerprint density at radius 2 is 1.43 bits per heavy atom. The van der Waals surface area contributed by atoms with E-state index in [1.165, 1.54) is 35.7 Å². The Balaban J connectivity index is 1.59. The second-order valence-corrected chi connectivity index (χ2v) is 11.8. The lowest BCUT2D eigenvalue weighted by Gasteiger charge is -2.37. The number of fused-ring (bicyclic) bond motifs is 2. The van der Waals surface area contributed by atoms with Gasteiger partial charge in [-0.15, -0.1) is 0 Å². The van der Waals surface area contributed by atoms with Crippen molar-refractivity contribution in [2.75, 3.05) is 7.11 Å².